The first kappa shape index (κ1) is 24.7. The fraction of sp³-hybridized carbons (Fsp3) is 0.381. The van der Waals surface area contributed by atoms with Crippen molar-refractivity contribution in [3.05, 3.63) is 69.8 Å². The number of hydrogen-bond acceptors (Lipinski definition) is 4. The van der Waals surface area contributed by atoms with Gasteiger partial charge in [-0.2, -0.15) is 0 Å². The van der Waals surface area contributed by atoms with E-state index in [-0.39, 0.29) is 34.6 Å². The minimum atomic E-state index is -0.374. The summed E-state index contributed by atoms with van der Waals surface area (Å²) < 4.78 is 5.16. The van der Waals surface area contributed by atoms with Crippen LogP contribution in [0.2, 0.25) is 0 Å². The number of nitrogens with zero attached hydrogens (tertiary/aromatic N) is 2. The van der Waals surface area contributed by atoms with E-state index in [9.17, 15) is 10.1 Å². The molecular formula is C21H29IN4O3. The SMILES string of the molecule is CN=C(NCCCCc1ccc([N+](=O)[O-])cc1)NCCc1ccc(OC)cc1.I. The van der Waals surface area contributed by atoms with Crippen LogP contribution in [0.3, 0.4) is 0 Å². The number of non-ortho nitro benzene ring substituents is 1. The van der Waals surface area contributed by atoms with Gasteiger partial charge >= 0.3 is 0 Å². The summed E-state index contributed by atoms with van der Waals surface area (Å²) in [6.07, 6.45) is 3.82. The predicted octanol–water partition coefficient (Wildman–Crippen LogP) is 3.95. The van der Waals surface area contributed by atoms with Crippen LogP contribution in [0.15, 0.2) is 53.5 Å². The monoisotopic (exact) mass is 512 g/mol. The summed E-state index contributed by atoms with van der Waals surface area (Å²) in [7, 11) is 3.43. The summed E-state index contributed by atoms with van der Waals surface area (Å²) in [5.41, 5.74) is 2.49. The van der Waals surface area contributed by atoms with Gasteiger partial charge in [-0.1, -0.05) is 24.3 Å². The molecule has 0 aromatic heterocycles. The maximum absolute atomic E-state index is 10.7. The fourth-order valence-corrected chi connectivity index (χ4v) is 2.78. The molecule has 0 heterocycles. The van der Waals surface area contributed by atoms with Crippen LogP contribution in [-0.2, 0) is 12.8 Å². The highest BCUT2D eigenvalue weighted by Gasteiger charge is 2.04. The van der Waals surface area contributed by atoms with Gasteiger partial charge in [-0.05, 0) is 48.9 Å². The van der Waals surface area contributed by atoms with Crippen LogP contribution in [0.5, 0.6) is 5.75 Å². The normalized spacial score (nSPS) is 10.8. The third kappa shape index (κ3) is 9.12. The van der Waals surface area contributed by atoms with Crippen LogP contribution in [-0.4, -0.2) is 38.1 Å². The lowest BCUT2D eigenvalue weighted by Crippen LogP contribution is -2.38. The third-order valence-electron chi connectivity index (χ3n) is 4.42. The number of unbranched alkanes of at least 4 members (excludes halogenated alkanes) is 1. The van der Waals surface area contributed by atoms with E-state index < -0.39 is 0 Å². The number of guanidine groups is 1. The molecule has 2 rings (SSSR count). The maximum Gasteiger partial charge on any atom is 0.269 e. The van der Waals surface area contributed by atoms with Crippen LogP contribution < -0.4 is 15.4 Å². The lowest BCUT2D eigenvalue weighted by atomic mass is 10.1. The molecule has 8 heteroatoms. The Kier molecular flexibility index (Phi) is 11.7. The molecule has 0 aliphatic heterocycles. The zero-order valence-corrected chi connectivity index (χ0v) is 19.2. The van der Waals surface area contributed by atoms with Crippen molar-refractivity contribution in [1.82, 2.24) is 10.6 Å². The largest absolute Gasteiger partial charge is 0.497 e. The molecule has 0 saturated carbocycles. The van der Waals surface area contributed by atoms with E-state index in [0.717, 1.165) is 56.0 Å². The predicted molar refractivity (Wildman–Crippen MR) is 128 cm³/mol. The van der Waals surface area contributed by atoms with Crippen molar-refractivity contribution in [2.75, 3.05) is 27.2 Å². The quantitative estimate of drug-likeness (QED) is 0.126. The number of nitrogens with one attached hydrogen (secondary N) is 2. The third-order valence-corrected chi connectivity index (χ3v) is 4.42. The molecule has 29 heavy (non-hydrogen) atoms. The highest BCUT2D eigenvalue weighted by atomic mass is 127. The molecule has 0 amide bonds. The van der Waals surface area contributed by atoms with Gasteiger partial charge in [0.25, 0.3) is 5.69 Å². The Labute approximate surface area is 189 Å². The number of nitro groups is 1. The number of nitro benzene ring substituents is 1. The number of benzene rings is 2. The Hall–Kier alpha value is -2.36. The average molecular weight is 512 g/mol. The Balaban J connectivity index is 0.00000420. The van der Waals surface area contributed by atoms with Gasteiger partial charge in [0.1, 0.15) is 5.75 Å². The molecular weight excluding hydrogens is 483 g/mol. The van der Waals surface area contributed by atoms with Crippen molar-refractivity contribution in [2.45, 2.75) is 25.7 Å². The van der Waals surface area contributed by atoms with Crippen molar-refractivity contribution < 1.29 is 9.66 Å². The van der Waals surface area contributed by atoms with Crippen LogP contribution in [0, 0.1) is 10.1 Å². The summed E-state index contributed by atoms with van der Waals surface area (Å²) in [6.45, 7) is 1.63. The minimum absolute atomic E-state index is 0. The Bertz CT molecular complexity index is 765. The van der Waals surface area contributed by atoms with Crippen LogP contribution in [0.4, 0.5) is 5.69 Å². The van der Waals surface area contributed by atoms with Crippen molar-refractivity contribution in [2.24, 2.45) is 4.99 Å². The van der Waals surface area contributed by atoms with Gasteiger partial charge in [-0.25, -0.2) is 0 Å². The number of aliphatic imine (C=N–C) groups is 1. The molecule has 2 aromatic rings. The topological polar surface area (TPSA) is 88.8 Å². The van der Waals surface area contributed by atoms with Gasteiger partial charge in [0, 0.05) is 32.3 Å². The van der Waals surface area contributed by atoms with Crippen LogP contribution in [0.25, 0.3) is 0 Å². The van der Waals surface area contributed by atoms with E-state index in [2.05, 4.69) is 27.8 Å². The first-order valence-electron chi connectivity index (χ1n) is 9.43. The van der Waals surface area contributed by atoms with Crippen LogP contribution >= 0.6 is 24.0 Å². The summed E-state index contributed by atoms with van der Waals surface area (Å²) in [5.74, 6) is 1.66. The van der Waals surface area contributed by atoms with E-state index in [1.165, 1.54) is 5.56 Å². The summed E-state index contributed by atoms with van der Waals surface area (Å²) in [6, 6.07) is 14.8. The molecule has 0 fully saturated rings. The zero-order valence-electron chi connectivity index (χ0n) is 16.9. The number of hydrogen-bond donors (Lipinski definition) is 2. The lowest BCUT2D eigenvalue weighted by molar-refractivity contribution is -0.384. The molecule has 0 aliphatic carbocycles. The first-order chi connectivity index (χ1) is 13.6. The molecule has 2 aromatic carbocycles. The molecule has 2 N–H and O–H groups in total. The molecule has 7 nitrogen and oxygen atoms in total. The first-order valence-corrected chi connectivity index (χ1v) is 9.43. The molecule has 0 spiro atoms. The highest BCUT2D eigenvalue weighted by molar-refractivity contribution is 14.0. The van der Waals surface area contributed by atoms with Crippen molar-refractivity contribution in [1.29, 1.82) is 0 Å². The van der Waals surface area contributed by atoms with Gasteiger partial charge in [-0.3, -0.25) is 15.1 Å². The van der Waals surface area contributed by atoms with Gasteiger partial charge < -0.3 is 15.4 Å². The number of methoxy groups -OCH3 is 1. The van der Waals surface area contributed by atoms with Crippen molar-refractivity contribution in [3.63, 3.8) is 0 Å². The summed E-state index contributed by atoms with van der Waals surface area (Å²) in [4.78, 5) is 14.5. The maximum atomic E-state index is 10.7. The van der Waals surface area contributed by atoms with Gasteiger partial charge in [0.05, 0.1) is 12.0 Å². The van der Waals surface area contributed by atoms with E-state index in [1.54, 1.807) is 26.3 Å². The zero-order chi connectivity index (χ0) is 20.2. The molecule has 0 saturated heterocycles. The van der Waals surface area contributed by atoms with Crippen LogP contribution in [0.1, 0.15) is 24.0 Å². The molecule has 0 atom stereocenters. The molecule has 0 bridgehead atoms. The Morgan fingerprint density at radius 2 is 1.55 bits per heavy atom. The molecule has 0 aliphatic rings. The van der Waals surface area contributed by atoms with Gasteiger partial charge in [0.15, 0.2) is 5.96 Å². The summed E-state index contributed by atoms with van der Waals surface area (Å²) >= 11 is 0. The lowest BCUT2D eigenvalue weighted by Gasteiger charge is -2.12. The number of aryl methyl sites for hydroxylation is 1. The number of halogens is 1. The second-order valence-corrected chi connectivity index (χ2v) is 6.40. The fourth-order valence-electron chi connectivity index (χ4n) is 2.78. The number of ether oxygens (including phenoxy) is 1. The minimum Gasteiger partial charge on any atom is -0.497 e. The van der Waals surface area contributed by atoms with Crippen molar-refractivity contribution >= 4 is 35.6 Å². The Morgan fingerprint density at radius 1 is 0.966 bits per heavy atom. The second-order valence-electron chi connectivity index (χ2n) is 6.40. The van der Waals surface area contributed by atoms with E-state index in [4.69, 9.17) is 4.74 Å². The smallest absolute Gasteiger partial charge is 0.269 e. The van der Waals surface area contributed by atoms with Gasteiger partial charge in [0.2, 0.25) is 0 Å². The average Bonchev–Trinajstić information content (AvgIpc) is 2.73. The van der Waals surface area contributed by atoms with Crippen molar-refractivity contribution in [3.8, 4) is 5.75 Å². The van der Waals surface area contributed by atoms with Gasteiger partial charge in [-0.15, -0.1) is 24.0 Å². The highest BCUT2D eigenvalue weighted by Crippen LogP contribution is 2.13. The van der Waals surface area contributed by atoms with E-state index in [0.29, 0.717) is 0 Å². The standard InChI is InChI=1S/C21H28N4O3.HI/c1-22-21(24-16-14-18-8-12-20(28-2)13-9-18)23-15-4-3-5-17-6-10-19(11-7-17)25(26)27;/h6-13H,3-5,14-16H2,1-2H3,(H2,22,23,24);1H. The second kappa shape index (κ2) is 13.8. The molecule has 0 unspecified atom stereocenters. The van der Waals surface area contributed by atoms with E-state index in [1.807, 2.05) is 24.3 Å². The molecule has 0 radical (unpaired) electrons. The summed E-state index contributed by atoms with van der Waals surface area (Å²) in [5, 5.41) is 17.3. The van der Waals surface area contributed by atoms with E-state index >= 15 is 0 Å². The molecule has 158 valence electrons. The Morgan fingerprint density at radius 3 is 2.14 bits per heavy atom. The number of rotatable bonds is 10.